The zero-order chi connectivity index (χ0) is 10.7. The largest absolute Gasteiger partial charge is 0.396 e. The number of aromatic nitrogens is 1. The molecule has 1 aliphatic carbocycles. The van der Waals surface area contributed by atoms with Crippen molar-refractivity contribution in [1.82, 2.24) is 9.88 Å². The molecule has 1 aromatic rings. The highest BCUT2D eigenvalue weighted by Gasteiger charge is 2.25. The standard InChI is InChI=1S/C12H20N2O/c1-14-7-3-5-11(14)8-13-12-6-2-4-10(12)9-15/h3,5,7,10,12-13,15H,2,4,6,8-9H2,1H3. The van der Waals surface area contributed by atoms with Gasteiger partial charge in [0.25, 0.3) is 0 Å². The summed E-state index contributed by atoms with van der Waals surface area (Å²) in [5, 5.41) is 12.7. The van der Waals surface area contributed by atoms with Gasteiger partial charge in [-0.25, -0.2) is 0 Å². The van der Waals surface area contributed by atoms with Gasteiger partial charge in [-0.2, -0.15) is 0 Å². The Morgan fingerprint density at radius 2 is 2.40 bits per heavy atom. The molecule has 15 heavy (non-hydrogen) atoms. The van der Waals surface area contributed by atoms with Gasteiger partial charge in [-0.05, 0) is 30.9 Å². The van der Waals surface area contributed by atoms with Crippen LogP contribution in [-0.2, 0) is 13.6 Å². The Morgan fingerprint density at radius 1 is 1.53 bits per heavy atom. The van der Waals surface area contributed by atoms with E-state index < -0.39 is 0 Å². The molecule has 0 saturated heterocycles. The van der Waals surface area contributed by atoms with Crippen LogP contribution in [0.15, 0.2) is 18.3 Å². The van der Waals surface area contributed by atoms with Crippen molar-refractivity contribution in [2.24, 2.45) is 13.0 Å². The van der Waals surface area contributed by atoms with Crippen LogP contribution in [-0.4, -0.2) is 22.3 Å². The number of hydrogen-bond donors (Lipinski definition) is 2. The van der Waals surface area contributed by atoms with Crippen molar-refractivity contribution >= 4 is 0 Å². The molecule has 1 aromatic heterocycles. The maximum absolute atomic E-state index is 9.20. The zero-order valence-corrected chi connectivity index (χ0v) is 9.32. The van der Waals surface area contributed by atoms with E-state index in [1.807, 2.05) is 0 Å². The lowest BCUT2D eigenvalue weighted by atomic mass is 10.1. The molecule has 1 aliphatic rings. The molecule has 0 spiro atoms. The molecular weight excluding hydrogens is 188 g/mol. The number of nitrogens with zero attached hydrogens (tertiary/aromatic N) is 1. The lowest BCUT2D eigenvalue weighted by Gasteiger charge is -2.19. The molecule has 2 N–H and O–H groups in total. The second-order valence-corrected chi connectivity index (χ2v) is 4.47. The van der Waals surface area contributed by atoms with Gasteiger partial charge in [-0.1, -0.05) is 6.42 Å². The van der Waals surface area contributed by atoms with Crippen LogP contribution >= 0.6 is 0 Å². The summed E-state index contributed by atoms with van der Waals surface area (Å²) in [6, 6.07) is 4.70. The van der Waals surface area contributed by atoms with Gasteiger partial charge >= 0.3 is 0 Å². The first-order chi connectivity index (χ1) is 7.31. The normalized spacial score (nSPS) is 26.0. The summed E-state index contributed by atoms with van der Waals surface area (Å²) in [4.78, 5) is 0. The number of aryl methyl sites for hydroxylation is 1. The van der Waals surface area contributed by atoms with E-state index in [1.54, 1.807) is 0 Å². The maximum Gasteiger partial charge on any atom is 0.0474 e. The van der Waals surface area contributed by atoms with Gasteiger partial charge in [0, 0.05) is 38.1 Å². The zero-order valence-electron chi connectivity index (χ0n) is 9.32. The lowest BCUT2D eigenvalue weighted by Crippen LogP contribution is -2.33. The van der Waals surface area contributed by atoms with Crippen molar-refractivity contribution in [3.8, 4) is 0 Å². The highest BCUT2D eigenvalue weighted by atomic mass is 16.3. The molecule has 1 fully saturated rings. The van der Waals surface area contributed by atoms with Gasteiger partial charge in [0.1, 0.15) is 0 Å². The van der Waals surface area contributed by atoms with Crippen molar-refractivity contribution in [3.05, 3.63) is 24.0 Å². The molecule has 84 valence electrons. The van der Waals surface area contributed by atoms with Crippen molar-refractivity contribution in [3.63, 3.8) is 0 Å². The Hall–Kier alpha value is -0.800. The molecule has 2 unspecified atom stereocenters. The third-order valence-corrected chi connectivity index (χ3v) is 3.49. The van der Waals surface area contributed by atoms with Gasteiger partial charge in [0.15, 0.2) is 0 Å². The summed E-state index contributed by atoms with van der Waals surface area (Å²) in [5.74, 6) is 0.463. The van der Waals surface area contributed by atoms with Crippen LogP contribution in [0.5, 0.6) is 0 Å². The van der Waals surface area contributed by atoms with E-state index >= 15 is 0 Å². The highest BCUT2D eigenvalue weighted by Crippen LogP contribution is 2.25. The van der Waals surface area contributed by atoms with Gasteiger partial charge in [-0.3, -0.25) is 0 Å². The van der Waals surface area contributed by atoms with E-state index in [4.69, 9.17) is 0 Å². The molecule has 3 nitrogen and oxygen atoms in total. The van der Waals surface area contributed by atoms with E-state index in [9.17, 15) is 5.11 Å². The molecule has 2 rings (SSSR count). The minimum Gasteiger partial charge on any atom is -0.396 e. The summed E-state index contributed by atoms with van der Waals surface area (Å²) >= 11 is 0. The van der Waals surface area contributed by atoms with E-state index in [0.29, 0.717) is 18.6 Å². The summed E-state index contributed by atoms with van der Waals surface area (Å²) in [7, 11) is 2.06. The second kappa shape index (κ2) is 4.81. The molecule has 0 amide bonds. The van der Waals surface area contributed by atoms with E-state index in [-0.39, 0.29) is 0 Å². The van der Waals surface area contributed by atoms with Crippen LogP contribution in [0.1, 0.15) is 25.0 Å². The van der Waals surface area contributed by atoms with Crippen molar-refractivity contribution < 1.29 is 5.11 Å². The molecule has 1 heterocycles. The Labute approximate surface area is 91.1 Å². The Balaban J connectivity index is 1.85. The summed E-state index contributed by atoms with van der Waals surface area (Å²) in [5.41, 5.74) is 1.30. The number of hydrogen-bond acceptors (Lipinski definition) is 2. The predicted molar refractivity (Wildman–Crippen MR) is 60.5 cm³/mol. The minimum absolute atomic E-state index is 0.324. The predicted octanol–water partition coefficient (Wildman–Crippen LogP) is 1.28. The van der Waals surface area contributed by atoms with Crippen LogP contribution < -0.4 is 5.32 Å². The molecule has 2 atom stereocenters. The third kappa shape index (κ3) is 2.41. The Morgan fingerprint density at radius 3 is 3.07 bits per heavy atom. The molecule has 0 aromatic carbocycles. The smallest absolute Gasteiger partial charge is 0.0474 e. The van der Waals surface area contributed by atoms with Crippen LogP contribution in [0.4, 0.5) is 0 Å². The van der Waals surface area contributed by atoms with E-state index in [0.717, 1.165) is 6.54 Å². The molecule has 0 bridgehead atoms. The van der Waals surface area contributed by atoms with Crippen molar-refractivity contribution in [2.45, 2.75) is 31.8 Å². The fourth-order valence-electron chi connectivity index (χ4n) is 2.44. The van der Waals surface area contributed by atoms with Crippen LogP contribution in [0, 0.1) is 5.92 Å². The fraction of sp³-hybridized carbons (Fsp3) is 0.667. The van der Waals surface area contributed by atoms with Crippen molar-refractivity contribution in [1.29, 1.82) is 0 Å². The summed E-state index contributed by atoms with van der Waals surface area (Å²) in [6.07, 6.45) is 5.68. The first kappa shape index (κ1) is 10.7. The topological polar surface area (TPSA) is 37.2 Å². The van der Waals surface area contributed by atoms with E-state index in [1.165, 1.54) is 25.0 Å². The molecular formula is C12H20N2O. The van der Waals surface area contributed by atoms with Gasteiger partial charge in [-0.15, -0.1) is 0 Å². The fourth-order valence-corrected chi connectivity index (χ4v) is 2.44. The third-order valence-electron chi connectivity index (χ3n) is 3.49. The molecule has 1 saturated carbocycles. The molecule has 0 aliphatic heterocycles. The monoisotopic (exact) mass is 208 g/mol. The average Bonchev–Trinajstić information content (AvgIpc) is 2.83. The number of rotatable bonds is 4. The lowest BCUT2D eigenvalue weighted by molar-refractivity contribution is 0.204. The Kier molecular flexibility index (Phi) is 3.44. The quantitative estimate of drug-likeness (QED) is 0.782. The summed E-state index contributed by atoms with van der Waals surface area (Å²) in [6.45, 7) is 1.23. The van der Waals surface area contributed by atoms with Gasteiger partial charge in [0.2, 0.25) is 0 Å². The average molecular weight is 208 g/mol. The van der Waals surface area contributed by atoms with Crippen LogP contribution in [0.2, 0.25) is 0 Å². The maximum atomic E-state index is 9.20. The SMILES string of the molecule is Cn1cccc1CNC1CCCC1CO. The number of aliphatic hydroxyl groups is 1. The van der Waals surface area contributed by atoms with Crippen molar-refractivity contribution in [2.75, 3.05) is 6.61 Å². The first-order valence-corrected chi connectivity index (χ1v) is 5.75. The second-order valence-electron chi connectivity index (χ2n) is 4.47. The first-order valence-electron chi connectivity index (χ1n) is 5.75. The Bertz CT molecular complexity index is 308. The molecule has 0 radical (unpaired) electrons. The molecule has 3 heteroatoms. The minimum atomic E-state index is 0.324. The van der Waals surface area contributed by atoms with Crippen LogP contribution in [0.3, 0.4) is 0 Å². The van der Waals surface area contributed by atoms with Gasteiger partial charge < -0.3 is 15.0 Å². The summed E-state index contributed by atoms with van der Waals surface area (Å²) < 4.78 is 2.13. The van der Waals surface area contributed by atoms with Gasteiger partial charge in [0.05, 0.1) is 0 Å². The van der Waals surface area contributed by atoms with Crippen LogP contribution in [0.25, 0.3) is 0 Å². The number of aliphatic hydroxyl groups excluding tert-OH is 1. The number of nitrogens with one attached hydrogen (secondary N) is 1. The van der Waals surface area contributed by atoms with E-state index in [2.05, 4.69) is 35.3 Å². The highest BCUT2D eigenvalue weighted by molar-refractivity contribution is 5.06.